The Balaban J connectivity index is 5.36. The van der Waals surface area contributed by atoms with Gasteiger partial charge in [-0.25, -0.2) is 9.13 Å². The molecule has 0 amide bonds. The van der Waals surface area contributed by atoms with Gasteiger partial charge in [-0.2, -0.15) is 0 Å². The number of rotatable bonds is 68. The minimum Gasteiger partial charge on any atom is -0.462 e. The minimum absolute atomic E-state index is 0.0671. The van der Waals surface area contributed by atoms with Crippen molar-refractivity contribution in [2.45, 2.75) is 303 Å². The number of phosphoric ester groups is 2. The Morgan fingerprint density at radius 2 is 0.562 bits per heavy atom. The van der Waals surface area contributed by atoms with Crippen LogP contribution in [-0.4, -0.2) is 96.7 Å². The molecule has 0 bridgehead atoms. The smallest absolute Gasteiger partial charge is 0.462 e. The maximum absolute atomic E-state index is 13.0. The number of aliphatic hydroxyl groups is 1. The van der Waals surface area contributed by atoms with Gasteiger partial charge in [0.1, 0.15) is 19.3 Å². The normalized spacial score (nSPS) is 14.7. The van der Waals surface area contributed by atoms with Crippen molar-refractivity contribution >= 4 is 39.5 Å². The lowest BCUT2D eigenvalue weighted by Gasteiger charge is -2.21. The lowest BCUT2D eigenvalue weighted by atomic mass is 10.1. The Labute approximate surface area is 581 Å². The third-order valence-electron chi connectivity index (χ3n) is 14.9. The second-order valence-electron chi connectivity index (χ2n) is 24.1. The summed E-state index contributed by atoms with van der Waals surface area (Å²) in [6, 6.07) is 0. The highest BCUT2D eigenvalue weighted by molar-refractivity contribution is 7.47. The van der Waals surface area contributed by atoms with Crippen LogP contribution < -0.4 is 0 Å². The molecule has 0 aromatic heterocycles. The highest BCUT2D eigenvalue weighted by atomic mass is 31.2. The summed E-state index contributed by atoms with van der Waals surface area (Å²) in [5.74, 6) is -2.26. The number of allylic oxidation sites excluding steroid dienone is 20. The van der Waals surface area contributed by atoms with Crippen LogP contribution in [0.2, 0.25) is 0 Å². The van der Waals surface area contributed by atoms with Crippen molar-refractivity contribution in [3.05, 3.63) is 122 Å². The van der Waals surface area contributed by atoms with E-state index in [0.717, 1.165) is 193 Å². The van der Waals surface area contributed by atoms with Gasteiger partial charge in [0.05, 0.1) is 26.4 Å². The van der Waals surface area contributed by atoms with Gasteiger partial charge < -0.3 is 33.8 Å². The van der Waals surface area contributed by atoms with Gasteiger partial charge in [-0.15, -0.1) is 0 Å². The Hall–Kier alpha value is -4.54. The number of phosphoric acid groups is 2. The molecule has 0 heterocycles. The van der Waals surface area contributed by atoms with E-state index >= 15 is 0 Å². The van der Waals surface area contributed by atoms with Crippen LogP contribution in [0.15, 0.2) is 122 Å². The molecule has 0 aliphatic heterocycles. The van der Waals surface area contributed by atoms with Crippen molar-refractivity contribution in [3.8, 4) is 0 Å². The molecule has 0 radical (unpaired) electrons. The summed E-state index contributed by atoms with van der Waals surface area (Å²) in [7, 11) is -9.96. The summed E-state index contributed by atoms with van der Waals surface area (Å²) in [6.07, 6.45) is 73.5. The van der Waals surface area contributed by atoms with Gasteiger partial charge in [-0.1, -0.05) is 239 Å². The first-order chi connectivity index (χ1) is 46.7. The topological polar surface area (TPSA) is 237 Å². The average Bonchev–Trinajstić information content (AvgIpc) is 1.84. The van der Waals surface area contributed by atoms with E-state index in [1.165, 1.54) is 12.8 Å². The summed E-state index contributed by atoms with van der Waals surface area (Å²) < 4.78 is 68.3. The summed E-state index contributed by atoms with van der Waals surface area (Å²) in [4.78, 5) is 72.7. The highest BCUT2D eigenvalue weighted by Gasteiger charge is 2.30. The van der Waals surface area contributed by atoms with E-state index in [4.69, 9.17) is 37.0 Å². The number of hydrogen-bond acceptors (Lipinski definition) is 15. The van der Waals surface area contributed by atoms with Gasteiger partial charge in [0, 0.05) is 25.7 Å². The van der Waals surface area contributed by atoms with Gasteiger partial charge >= 0.3 is 39.5 Å². The molecular weight excluding hydrogens is 1260 g/mol. The van der Waals surface area contributed by atoms with Gasteiger partial charge in [-0.05, 0) is 141 Å². The second kappa shape index (κ2) is 69.0. The molecule has 0 saturated carbocycles. The molecule has 5 unspecified atom stereocenters. The molecule has 0 rings (SSSR count). The average molecular weight is 1390 g/mol. The third-order valence-corrected chi connectivity index (χ3v) is 16.8. The lowest BCUT2D eigenvalue weighted by Crippen LogP contribution is -2.30. The maximum atomic E-state index is 13.0. The molecular formula is C77H130O17P2. The molecule has 19 heteroatoms. The molecule has 0 saturated heterocycles. The minimum atomic E-state index is -4.99. The van der Waals surface area contributed by atoms with Crippen LogP contribution in [0.4, 0.5) is 0 Å². The number of carbonyl (C=O) groups is 4. The van der Waals surface area contributed by atoms with Crippen LogP contribution in [0.1, 0.15) is 285 Å². The van der Waals surface area contributed by atoms with Crippen molar-refractivity contribution in [1.82, 2.24) is 0 Å². The van der Waals surface area contributed by atoms with Gasteiger partial charge in [0.25, 0.3) is 0 Å². The number of esters is 4. The molecule has 0 fully saturated rings. The molecule has 5 atom stereocenters. The number of carbonyl (C=O) groups excluding carboxylic acids is 4. The van der Waals surface area contributed by atoms with Crippen molar-refractivity contribution in [2.24, 2.45) is 0 Å². The SMILES string of the molecule is CC/C=C\C/C=C\C/C=C\C/C=C\CCCCC(=O)OCC(COP(=O)(O)OCC(O)COP(=O)(O)OCC(COC(=O)CCCCCCCCC/C=C\C/C=C\C/C=C\CC)OC(=O)CCCCCCC/C=C\CCCC)OC(=O)CCCCCCC/C=C\C/C=C\CCC. The largest absolute Gasteiger partial charge is 0.472 e. The van der Waals surface area contributed by atoms with E-state index in [1.807, 2.05) is 0 Å². The Bertz CT molecular complexity index is 2300. The fourth-order valence-electron chi connectivity index (χ4n) is 9.30. The Morgan fingerprint density at radius 3 is 0.906 bits per heavy atom. The van der Waals surface area contributed by atoms with E-state index < -0.39 is 97.5 Å². The van der Waals surface area contributed by atoms with E-state index in [1.54, 1.807) is 0 Å². The van der Waals surface area contributed by atoms with Crippen LogP contribution in [0.25, 0.3) is 0 Å². The Kier molecular flexibility index (Phi) is 65.7. The lowest BCUT2D eigenvalue weighted by molar-refractivity contribution is -0.161. The highest BCUT2D eigenvalue weighted by Crippen LogP contribution is 2.45. The zero-order valence-electron chi connectivity index (χ0n) is 59.8. The zero-order valence-corrected chi connectivity index (χ0v) is 61.5. The number of ether oxygens (including phenoxy) is 4. The van der Waals surface area contributed by atoms with Gasteiger partial charge in [-0.3, -0.25) is 37.3 Å². The van der Waals surface area contributed by atoms with E-state index in [9.17, 15) is 43.2 Å². The van der Waals surface area contributed by atoms with E-state index in [-0.39, 0.29) is 25.7 Å². The fourth-order valence-corrected chi connectivity index (χ4v) is 10.9. The monoisotopic (exact) mass is 1390 g/mol. The van der Waals surface area contributed by atoms with Crippen molar-refractivity contribution < 1.29 is 80.2 Å². The van der Waals surface area contributed by atoms with E-state index in [0.29, 0.717) is 25.7 Å². The molecule has 0 spiro atoms. The number of hydrogen-bond donors (Lipinski definition) is 3. The van der Waals surface area contributed by atoms with Crippen LogP contribution in [0.3, 0.4) is 0 Å². The third kappa shape index (κ3) is 68.0. The molecule has 17 nitrogen and oxygen atoms in total. The first kappa shape index (κ1) is 91.5. The Morgan fingerprint density at radius 1 is 0.302 bits per heavy atom. The number of aliphatic hydroxyl groups excluding tert-OH is 1. The molecule has 550 valence electrons. The molecule has 0 aliphatic carbocycles. The molecule has 0 aliphatic rings. The first-order valence-electron chi connectivity index (χ1n) is 36.8. The fraction of sp³-hybridized carbons (Fsp3) is 0.688. The summed E-state index contributed by atoms with van der Waals surface area (Å²) in [6.45, 7) is 4.44. The molecule has 96 heavy (non-hydrogen) atoms. The van der Waals surface area contributed by atoms with E-state index in [2.05, 4.69) is 149 Å². The van der Waals surface area contributed by atoms with Gasteiger partial charge in [0.15, 0.2) is 12.2 Å². The summed E-state index contributed by atoms with van der Waals surface area (Å²) >= 11 is 0. The van der Waals surface area contributed by atoms with Crippen LogP contribution >= 0.6 is 15.6 Å². The predicted molar refractivity (Wildman–Crippen MR) is 390 cm³/mol. The molecule has 0 aromatic rings. The van der Waals surface area contributed by atoms with Gasteiger partial charge in [0.2, 0.25) is 0 Å². The van der Waals surface area contributed by atoms with Crippen LogP contribution in [0.5, 0.6) is 0 Å². The van der Waals surface area contributed by atoms with Crippen LogP contribution in [0, 0.1) is 0 Å². The standard InChI is InChI=1S/C77H130O17P2/c1-5-9-13-17-21-25-29-32-34-35-37-40-43-46-50-54-58-62-75(80)87-67-72(93-76(81)63-59-55-51-47-41-28-24-20-16-12-8-4)69-91-95(83,84)89-65-71(78)66-90-96(85,86)92-70-73(94-77(82)64-60-56-52-48-44-38-31-27-23-19-15-11-7-3)68-88-74(79)61-57-53-49-45-42-39-36-33-30-26-22-18-14-10-6-2/h9-10,13-15,19-22,24-27,31-34,36,42,45,71-73,78H,5-8,11-12,16-18,23,28-30,35,37-41,43-44,46-70H2,1-4H3,(H,83,84)(H,85,86)/b13-9-,14-10-,19-15-,24-20-,25-21-,26-22-,31-27-,34-32-,36-33-,45-42-. The van der Waals surface area contributed by atoms with Crippen molar-refractivity contribution in [2.75, 3.05) is 39.6 Å². The summed E-state index contributed by atoms with van der Waals surface area (Å²) in [5, 5.41) is 10.6. The second-order valence-corrected chi connectivity index (χ2v) is 27.0. The predicted octanol–water partition coefficient (Wildman–Crippen LogP) is 20.8. The van der Waals surface area contributed by atoms with Crippen molar-refractivity contribution in [1.29, 1.82) is 0 Å². The quantitative estimate of drug-likeness (QED) is 0.0169. The molecule has 3 N–H and O–H groups in total. The summed E-state index contributed by atoms with van der Waals surface area (Å²) in [5.41, 5.74) is 0. The maximum Gasteiger partial charge on any atom is 0.472 e. The van der Waals surface area contributed by atoms with Crippen LogP contribution in [-0.2, 0) is 65.4 Å². The molecule has 0 aromatic carbocycles. The zero-order chi connectivity index (χ0) is 70.4. The van der Waals surface area contributed by atoms with Crippen molar-refractivity contribution in [3.63, 3.8) is 0 Å². The first-order valence-corrected chi connectivity index (χ1v) is 39.8. The number of unbranched alkanes of at least 4 members (excludes halogenated alkanes) is 22.